The van der Waals surface area contributed by atoms with E-state index < -0.39 is 0 Å². The average molecular weight is 275 g/mol. The van der Waals surface area contributed by atoms with Crippen molar-refractivity contribution in [3.63, 3.8) is 0 Å². The van der Waals surface area contributed by atoms with Crippen molar-refractivity contribution < 1.29 is 0 Å². The summed E-state index contributed by atoms with van der Waals surface area (Å²) in [5, 5.41) is 2.64. The molecule has 106 valence electrons. The minimum atomic E-state index is -0.105. The molecule has 2 aromatic carbocycles. The van der Waals surface area contributed by atoms with Crippen molar-refractivity contribution in [1.29, 1.82) is 0 Å². The number of hydrogen-bond donors (Lipinski definition) is 0. The van der Waals surface area contributed by atoms with E-state index in [0.717, 1.165) is 12.1 Å². The van der Waals surface area contributed by atoms with E-state index in [1.165, 1.54) is 21.9 Å². The Balaban J connectivity index is 2.28. The second-order valence-corrected chi connectivity index (χ2v) is 6.06. The van der Waals surface area contributed by atoms with Gasteiger partial charge in [-0.2, -0.15) is 0 Å². The van der Waals surface area contributed by atoms with E-state index in [2.05, 4.69) is 74.3 Å². The van der Waals surface area contributed by atoms with Gasteiger partial charge >= 0.3 is 0 Å². The summed E-state index contributed by atoms with van der Waals surface area (Å²) in [5.74, 6) is 0. The first-order chi connectivity index (χ1) is 10.1. The summed E-state index contributed by atoms with van der Waals surface area (Å²) in [7, 11) is 0. The number of benzene rings is 2. The van der Waals surface area contributed by atoms with Crippen LogP contribution in [0.15, 0.2) is 60.8 Å². The number of pyridine rings is 1. The third-order valence-electron chi connectivity index (χ3n) is 4.31. The molecule has 3 aromatic rings. The Morgan fingerprint density at radius 1 is 0.952 bits per heavy atom. The molecule has 0 atom stereocenters. The van der Waals surface area contributed by atoms with Gasteiger partial charge in [-0.3, -0.25) is 4.98 Å². The third kappa shape index (κ3) is 2.44. The third-order valence-corrected chi connectivity index (χ3v) is 4.31. The Hall–Kier alpha value is -2.15. The molecule has 0 amide bonds. The number of rotatable bonds is 3. The smallest absolute Gasteiger partial charge is 0.0503 e. The predicted octanol–water partition coefficient (Wildman–Crippen LogP) is 5.12. The molecule has 1 heterocycles. The minimum absolute atomic E-state index is 0.105. The molecule has 1 nitrogen and oxygen atoms in total. The highest BCUT2D eigenvalue weighted by Gasteiger charge is 2.26. The van der Waals surface area contributed by atoms with Crippen molar-refractivity contribution >= 4 is 10.8 Å². The van der Waals surface area contributed by atoms with Gasteiger partial charge in [0.2, 0.25) is 0 Å². The summed E-state index contributed by atoms with van der Waals surface area (Å²) in [6.07, 6.45) is 2.93. The average Bonchev–Trinajstić information content (AvgIpc) is 2.54. The molecule has 1 heteroatoms. The zero-order chi connectivity index (χ0) is 14.9. The van der Waals surface area contributed by atoms with E-state index in [-0.39, 0.29) is 5.41 Å². The highest BCUT2D eigenvalue weighted by Crippen LogP contribution is 2.35. The van der Waals surface area contributed by atoms with Crippen LogP contribution in [-0.4, -0.2) is 4.98 Å². The maximum absolute atomic E-state index is 4.59. The second kappa shape index (κ2) is 5.33. The normalized spacial score (nSPS) is 11.8. The first-order valence-corrected chi connectivity index (χ1v) is 7.56. The largest absolute Gasteiger partial charge is 0.260 e. The zero-order valence-electron chi connectivity index (χ0n) is 12.9. The van der Waals surface area contributed by atoms with Crippen LogP contribution in [0.5, 0.6) is 0 Å². The summed E-state index contributed by atoms with van der Waals surface area (Å²) >= 11 is 0. The lowest BCUT2D eigenvalue weighted by Gasteiger charge is -2.27. The zero-order valence-corrected chi connectivity index (χ0v) is 12.9. The SMILES string of the molecule is CCc1cc(C(C)(C)c2ccccn2)c2ccccc2c1. The molecule has 0 saturated carbocycles. The fraction of sp³-hybridized carbons (Fsp3) is 0.250. The molecule has 0 bridgehead atoms. The quantitative estimate of drug-likeness (QED) is 0.646. The molecule has 0 spiro atoms. The van der Waals surface area contributed by atoms with Crippen molar-refractivity contribution in [1.82, 2.24) is 4.98 Å². The van der Waals surface area contributed by atoms with Gasteiger partial charge < -0.3 is 0 Å². The molecule has 0 aliphatic rings. The maximum Gasteiger partial charge on any atom is 0.0503 e. The van der Waals surface area contributed by atoms with Crippen LogP contribution in [0.3, 0.4) is 0 Å². The molecule has 3 rings (SSSR count). The lowest BCUT2D eigenvalue weighted by Crippen LogP contribution is -2.21. The van der Waals surface area contributed by atoms with Crippen molar-refractivity contribution in [3.8, 4) is 0 Å². The Labute approximate surface area is 126 Å². The first-order valence-electron chi connectivity index (χ1n) is 7.56. The van der Waals surface area contributed by atoms with E-state index in [0.29, 0.717) is 0 Å². The molecule has 21 heavy (non-hydrogen) atoms. The van der Waals surface area contributed by atoms with Gasteiger partial charge in [-0.15, -0.1) is 0 Å². The van der Waals surface area contributed by atoms with Crippen molar-refractivity contribution in [2.45, 2.75) is 32.6 Å². The molecule has 0 fully saturated rings. The minimum Gasteiger partial charge on any atom is -0.260 e. The van der Waals surface area contributed by atoms with Crippen LogP contribution in [-0.2, 0) is 11.8 Å². The summed E-state index contributed by atoms with van der Waals surface area (Å²) in [4.78, 5) is 4.59. The highest BCUT2D eigenvalue weighted by molar-refractivity contribution is 5.87. The second-order valence-electron chi connectivity index (χ2n) is 6.06. The summed E-state index contributed by atoms with van der Waals surface area (Å²) in [5.41, 5.74) is 3.75. The van der Waals surface area contributed by atoms with Gasteiger partial charge in [0.15, 0.2) is 0 Å². The number of nitrogens with zero attached hydrogens (tertiary/aromatic N) is 1. The predicted molar refractivity (Wildman–Crippen MR) is 89.7 cm³/mol. The van der Waals surface area contributed by atoms with Crippen LogP contribution >= 0.6 is 0 Å². The molecule has 0 aliphatic heterocycles. The first kappa shape index (κ1) is 13.8. The molecule has 0 N–H and O–H groups in total. The van der Waals surface area contributed by atoms with Crippen LogP contribution in [0.1, 0.15) is 37.6 Å². The van der Waals surface area contributed by atoms with Crippen LogP contribution < -0.4 is 0 Å². The molecule has 0 unspecified atom stereocenters. The van der Waals surface area contributed by atoms with E-state index in [1.54, 1.807) is 0 Å². The fourth-order valence-corrected chi connectivity index (χ4v) is 2.96. The van der Waals surface area contributed by atoms with E-state index in [4.69, 9.17) is 0 Å². The van der Waals surface area contributed by atoms with Crippen molar-refractivity contribution in [2.75, 3.05) is 0 Å². The van der Waals surface area contributed by atoms with Gasteiger partial charge in [-0.1, -0.05) is 63.2 Å². The standard InChI is InChI=1S/C20H21N/c1-4-15-13-16-9-5-6-10-17(16)18(14-15)20(2,3)19-11-7-8-12-21-19/h5-14H,4H2,1-3H3. The number of aryl methyl sites for hydroxylation is 1. The van der Waals surface area contributed by atoms with Crippen LogP contribution in [0, 0.1) is 0 Å². The van der Waals surface area contributed by atoms with Gasteiger partial charge in [0, 0.05) is 11.6 Å². The summed E-state index contributed by atoms with van der Waals surface area (Å²) in [6, 6.07) is 19.4. The molecular formula is C20H21N. The highest BCUT2D eigenvalue weighted by atomic mass is 14.7. The van der Waals surface area contributed by atoms with Gasteiger partial charge in [-0.25, -0.2) is 0 Å². The molecule has 0 saturated heterocycles. The summed E-state index contributed by atoms with van der Waals surface area (Å²) in [6.45, 7) is 6.73. The molecule has 0 radical (unpaired) electrons. The Morgan fingerprint density at radius 3 is 2.43 bits per heavy atom. The molecular weight excluding hydrogens is 254 g/mol. The topological polar surface area (TPSA) is 12.9 Å². The van der Waals surface area contributed by atoms with Gasteiger partial charge in [0.25, 0.3) is 0 Å². The van der Waals surface area contributed by atoms with E-state index in [1.807, 2.05) is 12.3 Å². The Bertz CT molecular complexity index is 757. The Kier molecular flexibility index (Phi) is 3.50. The maximum atomic E-state index is 4.59. The lowest BCUT2D eigenvalue weighted by molar-refractivity contribution is 0.621. The monoisotopic (exact) mass is 275 g/mol. The van der Waals surface area contributed by atoms with Crippen molar-refractivity contribution in [2.24, 2.45) is 0 Å². The Morgan fingerprint density at radius 2 is 1.71 bits per heavy atom. The van der Waals surface area contributed by atoms with E-state index >= 15 is 0 Å². The van der Waals surface area contributed by atoms with Crippen molar-refractivity contribution in [3.05, 3.63) is 77.6 Å². The summed E-state index contributed by atoms with van der Waals surface area (Å²) < 4.78 is 0. The number of hydrogen-bond acceptors (Lipinski definition) is 1. The van der Waals surface area contributed by atoms with Crippen LogP contribution in [0.25, 0.3) is 10.8 Å². The van der Waals surface area contributed by atoms with Gasteiger partial charge in [-0.05, 0) is 40.5 Å². The van der Waals surface area contributed by atoms with Crippen LogP contribution in [0.2, 0.25) is 0 Å². The number of aromatic nitrogens is 1. The van der Waals surface area contributed by atoms with Gasteiger partial charge in [0.05, 0.1) is 5.69 Å². The molecule has 0 aliphatic carbocycles. The van der Waals surface area contributed by atoms with E-state index in [9.17, 15) is 0 Å². The molecule has 1 aromatic heterocycles. The van der Waals surface area contributed by atoms with Crippen LogP contribution in [0.4, 0.5) is 0 Å². The van der Waals surface area contributed by atoms with Gasteiger partial charge in [0.1, 0.15) is 0 Å². The fourth-order valence-electron chi connectivity index (χ4n) is 2.96. The lowest BCUT2D eigenvalue weighted by atomic mass is 9.78. The number of fused-ring (bicyclic) bond motifs is 1.